The van der Waals surface area contributed by atoms with E-state index < -0.39 is 5.97 Å². The molecule has 0 bridgehead atoms. The molecule has 1 unspecified atom stereocenters. The number of carboxylic acids is 1. The third kappa shape index (κ3) is 4.76. The number of ether oxygens (including phenoxy) is 1. The molecule has 2 rings (SSSR count). The molecule has 0 spiro atoms. The number of carboxylic acid groups (broad SMARTS) is 1. The molecular formula is C15H24N2O3S. The van der Waals surface area contributed by atoms with Crippen LogP contribution in [0.3, 0.4) is 0 Å². The first-order valence-corrected chi connectivity index (χ1v) is 8.26. The van der Waals surface area contributed by atoms with Gasteiger partial charge in [0.15, 0.2) is 0 Å². The van der Waals surface area contributed by atoms with Crippen LogP contribution in [0.5, 0.6) is 0 Å². The first-order valence-electron chi connectivity index (χ1n) is 7.38. The molecule has 21 heavy (non-hydrogen) atoms. The molecule has 1 aliphatic rings. The van der Waals surface area contributed by atoms with Gasteiger partial charge in [0.2, 0.25) is 0 Å². The number of hydrogen-bond acceptors (Lipinski definition) is 5. The minimum atomic E-state index is -0.727. The summed E-state index contributed by atoms with van der Waals surface area (Å²) in [6, 6.07) is 0. The number of rotatable bonds is 5. The molecule has 0 aromatic carbocycles. The summed E-state index contributed by atoms with van der Waals surface area (Å²) in [5.41, 5.74) is 1.17. The van der Waals surface area contributed by atoms with Gasteiger partial charge in [0.1, 0.15) is 11.1 Å². The van der Waals surface area contributed by atoms with Gasteiger partial charge in [-0.1, -0.05) is 20.8 Å². The fraction of sp³-hybridized carbons (Fsp3) is 0.733. The third-order valence-corrected chi connectivity index (χ3v) is 4.52. The Labute approximate surface area is 129 Å². The van der Waals surface area contributed by atoms with E-state index >= 15 is 0 Å². The van der Waals surface area contributed by atoms with E-state index in [1.54, 1.807) is 11.3 Å². The monoisotopic (exact) mass is 312 g/mol. The van der Waals surface area contributed by atoms with Crippen LogP contribution in [0.2, 0.25) is 0 Å². The zero-order chi connectivity index (χ0) is 15.5. The second-order valence-electron chi connectivity index (χ2n) is 6.48. The van der Waals surface area contributed by atoms with Crippen molar-refractivity contribution < 1.29 is 14.6 Å². The molecule has 0 saturated carbocycles. The fourth-order valence-electron chi connectivity index (χ4n) is 2.29. The van der Waals surface area contributed by atoms with Crippen LogP contribution in [0.15, 0.2) is 5.38 Å². The van der Waals surface area contributed by atoms with Crippen molar-refractivity contribution >= 4 is 17.3 Å². The fourth-order valence-corrected chi connectivity index (χ4v) is 3.37. The molecule has 118 valence electrons. The molecule has 0 aliphatic carbocycles. The molecule has 1 saturated heterocycles. The Bertz CT molecular complexity index is 482. The van der Waals surface area contributed by atoms with Crippen LogP contribution in [-0.2, 0) is 14.9 Å². The molecule has 0 radical (unpaired) electrons. The van der Waals surface area contributed by atoms with Gasteiger partial charge in [-0.3, -0.25) is 9.69 Å². The molecule has 1 aliphatic heterocycles. The van der Waals surface area contributed by atoms with Crippen LogP contribution in [0.25, 0.3) is 0 Å². The predicted octanol–water partition coefficient (Wildman–Crippen LogP) is 2.68. The number of aliphatic carboxylic acids is 1. The number of morpholine rings is 1. The highest BCUT2D eigenvalue weighted by molar-refractivity contribution is 7.09. The molecule has 6 heteroatoms. The van der Waals surface area contributed by atoms with Gasteiger partial charge in [-0.25, -0.2) is 4.98 Å². The number of carbonyl (C=O) groups is 1. The van der Waals surface area contributed by atoms with Crippen LogP contribution in [0.1, 0.15) is 50.4 Å². The average molecular weight is 312 g/mol. The van der Waals surface area contributed by atoms with E-state index in [4.69, 9.17) is 14.8 Å². The Hall–Kier alpha value is -0.980. The van der Waals surface area contributed by atoms with Gasteiger partial charge >= 0.3 is 5.97 Å². The zero-order valence-electron chi connectivity index (χ0n) is 13.0. The Kier molecular flexibility index (Phi) is 5.35. The van der Waals surface area contributed by atoms with Crippen LogP contribution in [-0.4, -0.2) is 47.2 Å². The van der Waals surface area contributed by atoms with Crippen molar-refractivity contribution in [2.75, 3.05) is 26.2 Å². The summed E-state index contributed by atoms with van der Waals surface area (Å²) in [6.45, 7) is 9.64. The molecular weight excluding hydrogens is 288 g/mol. The highest BCUT2D eigenvalue weighted by Crippen LogP contribution is 2.30. The van der Waals surface area contributed by atoms with Gasteiger partial charge in [0, 0.05) is 30.3 Å². The molecule has 1 fully saturated rings. The lowest BCUT2D eigenvalue weighted by atomic mass is 9.93. The first kappa shape index (κ1) is 16.4. The lowest BCUT2D eigenvalue weighted by molar-refractivity contribution is -0.137. The zero-order valence-corrected chi connectivity index (χ0v) is 13.8. The smallest absolute Gasteiger partial charge is 0.303 e. The van der Waals surface area contributed by atoms with E-state index in [1.165, 1.54) is 0 Å². The Morgan fingerprint density at radius 1 is 1.57 bits per heavy atom. The lowest BCUT2D eigenvalue weighted by Gasteiger charge is -2.31. The summed E-state index contributed by atoms with van der Waals surface area (Å²) in [6.07, 6.45) is 0.935. The van der Waals surface area contributed by atoms with Crippen molar-refractivity contribution in [3.63, 3.8) is 0 Å². The third-order valence-electron chi connectivity index (χ3n) is 3.58. The Balaban J connectivity index is 1.91. The maximum Gasteiger partial charge on any atom is 0.303 e. The summed E-state index contributed by atoms with van der Waals surface area (Å²) in [7, 11) is 0. The van der Waals surface area contributed by atoms with Gasteiger partial charge in [0.25, 0.3) is 0 Å². The van der Waals surface area contributed by atoms with Crippen molar-refractivity contribution in [2.45, 2.75) is 45.1 Å². The summed E-state index contributed by atoms with van der Waals surface area (Å²) in [4.78, 5) is 17.6. The number of nitrogens with zero attached hydrogens (tertiary/aromatic N) is 2. The van der Waals surface area contributed by atoms with Gasteiger partial charge in [-0.2, -0.15) is 0 Å². The van der Waals surface area contributed by atoms with Crippen molar-refractivity contribution in [3.05, 3.63) is 16.1 Å². The van der Waals surface area contributed by atoms with Crippen molar-refractivity contribution in [1.29, 1.82) is 0 Å². The second kappa shape index (κ2) is 6.85. The maximum atomic E-state index is 10.6. The Morgan fingerprint density at radius 3 is 2.95 bits per heavy atom. The van der Waals surface area contributed by atoms with E-state index in [0.717, 1.165) is 30.3 Å². The SMILES string of the molecule is CC(C)(C)c1csc(C2CN(CCCC(=O)O)CCO2)n1. The van der Waals surface area contributed by atoms with Crippen molar-refractivity contribution in [2.24, 2.45) is 0 Å². The Morgan fingerprint density at radius 2 is 2.33 bits per heavy atom. The quantitative estimate of drug-likeness (QED) is 0.905. The van der Waals surface area contributed by atoms with Crippen LogP contribution < -0.4 is 0 Å². The van der Waals surface area contributed by atoms with Crippen molar-refractivity contribution in [3.8, 4) is 0 Å². The number of aromatic nitrogens is 1. The number of hydrogen-bond donors (Lipinski definition) is 1. The van der Waals surface area contributed by atoms with Crippen molar-refractivity contribution in [1.82, 2.24) is 9.88 Å². The van der Waals surface area contributed by atoms with Gasteiger partial charge in [0.05, 0.1) is 12.3 Å². The molecule has 1 atom stereocenters. The topological polar surface area (TPSA) is 62.7 Å². The average Bonchev–Trinajstić information content (AvgIpc) is 2.88. The molecule has 5 nitrogen and oxygen atoms in total. The second-order valence-corrected chi connectivity index (χ2v) is 7.37. The van der Waals surface area contributed by atoms with Crippen LogP contribution in [0.4, 0.5) is 0 Å². The minimum absolute atomic E-state index is 0.0182. The van der Waals surface area contributed by atoms with E-state index in [0.29, 0.717) is 13.0 Å². The standard InChI is InChI=1S/C15H24N2O3S/c1-15(2,3)12-10-21-14(16-12)11-9-17(7-8-20-11)6-4-5-13(18)19/h10-11H,4-9H2,1-3H3,(H,18,19). The largest absolute Gasteiger partial charge is 0.481 e. The van der Waals surface area contributed by atoms with Crippen LogP contribution >= 0.6 is 11.3 Å². The summed E-state index contributed by atoms with van der Waals surface area (Å²) < 4.78 is 5.84. The highest BCUT2D eigenvalue weighted by atomic mass is 32.1. The van der Waals surface area contributed by atoms with Gasteiger partial charge in [-0.05, 0) is 13.0 Å². The summed E-state index contributed by atoms with van der Waals surface area (Å²) in [5.74, 6) is -0.727. The molecule has 0 amide bonds. The molecule has 1 aromatic heterocycles. The van der Waals surface area contributed by atoms with E-state index in [2.05, 4.69) is 31.1 Å². The van der Waals surface area contributed by atoms with Crippen LogP contribution in [0, 0.1) is 0 Å². The predicted molar refractivity (Wildman–Crippen MR) is 82.8 cm³/mol. The number of thiazole rings is 1. The summed E-state index contributed by atoms with van der Waals surface area (Å²) >= 11 is 1.66. The first-order chi connectivity index (χ1) is 9.86. The van der Waals surface area contributed by atoms with E-state index in [9.17, 15) is 4.79 Å². The molecule has 2 heterocycles. The van der Waals surface area contributed by atoms with E-state index in [1.807, 2.05) is 0 Å². The maximum absolute atomic E-state index is 10.6. The minimum Gasteiger partial charge on any atom is -0.481 e. The van der Waals surface area contributed by atoms with E-state index in [-0.39, 0.29) is 17.9 Å². The molecule has 1 N–H and O–H groups in total. The normalized spacial score (nSPS) is 20.6. The molecule has 1 aromatic rings. The summed E-state index contributed by atoms with van der Waals surface area (Å²) in [5, 5.41) is 11.8. The highest BCUT2D eigenvalue weighted by Gasteiger charge is 2.26. The van der Waals surface area contributed by atoms with Gasteiger partial charge < -0.3 is 9.84 Å². The van der Waals surface area contributed by atoms with Gasteiger partial charge in [-0.15, -0.1) is 11.3 Å². The lowest BCUT2D eigenvalue weighted by Crippen LogP contribution is -2.39.